The van der Waals surface area contributed by atoms with Gasteiger partial charge in [-0.25, -0.2) is 0 Å². The summed E-state index contributed by atoms with van der Waals surface area (Å²) in [5, 5.41) is 16.2. The number of rotatable bonds is 7. The van der Waals surface area contributed by atoms with Crippen molar-refractivity contribution in [1.82, 2.24) is 5.32 Å². The summed E-state index contributed by atoms with van der Waals surface area (Å²) in [4.78, 5) is 35.1. The fourth-order valence-electron chi connectivity index (χ4n) is 2.90. The van der Waals surface area contributed by atoms with Crippen LogP contribution in [0.15, 0.2) is 78.9 Å². The monoisotopic (exact) mass is 407 g/mol. The quantitative estimate of drug-likeness (QED) is 0.452. The molecular weight excluding hydrogens is 389 g/mol. The number of nitrogens with one attached hydrogen (secondary N) is 2. The maximum atomic E-state index is 13.5. The zero-order valence-corrected chi connectivity index (χ0v) is 15.7. The van der Waals surface area contributed by atoms with Crippen LogP contribution in [0.5, 0.6) is 0 Å². The molecule has 3 aromatic rings. The molecule has 3 rings (SSSR count). The van der Waals surface area contributed by atoms with Crippen molar-refractivity contribution in [1.29, 1.82) is 0 Å². The van der Waals surface area contributed by atoms with E-state index in [1.165, 1.54) is 6.07 Å². The van der Waals surface area contributed by atoms with Crippen LogP contribution in [0.1, 0.15) is 28.4 Å². The Balaban J connectivity index is 1.76. The second-order valence-corrected chi connectivity index (χ2v) is 6.48. The zero-order chi connectivity index (χ0) is 21.5. The van der Waals surface area contributed by atoms with Crippen LogP contribution in [0.4, 0.5) is 15.8 Å². The molecule has 0 heterocycles. The van der Waals surface area contributed by atoms with E-state index in [9.17, 15) is 24.1 Å². The summed E-state index contributed by atoms with van der Waals surface area (Å²) >= 11 is 0. The first-order valence-electron chi connectivity index (χ1n) is 9.08. The molecule has 0 radical (unpaired) electrons. The molecule has 0 spiro atoms. The van der Waals surface area contributed by atoms with Crippen LogP contribution < -0.4 is 10.6 Å². The van der Waals surface area contributed by atoms with Gasteiger partial charge in [0.1, 0.15) is 0 Å². The van der Waals surface area contributed by atoms with E-state index in [2.05, 4.69) is 10.6 Å². The lowest BCUT2D eigenvalue weighted by atomic mass is 10.0. The molecule has 30 heavy (non-hydrogen) atoms. The van der Waals surface area contributed by atoms with Crippen LogP contribution in [-0.4, -0.2) is 16.7 Å². The minimum Gasteiger partial charge on any atom is -0.345 e. The molecule has 1 atom stereocenters. The Labute approximate surface area is 171 Å². The van der Waals surface area contributed by atoms with E-state index in [0.29, 0.717) is 5.56 Å². The lowest BCUT2D eigenvalue weighted by Gasteiger charge is -2.19. The van der Waals surface area contributed by atoms with E-state index >= 15 is 0 Å². The van der Waals surface area contributed by atoms with Crippen LogP contribution in [0, 0.1) is 15.9 Å². The standard InChI is InChI=1S/C22H18FN3O4/c23-18-12-11-17(13-20(18)26(29)30)24-21(27)14-19(15-7-3-1-4-8-15)25-22(28)16-9-5-2-6-10-16/h1-13,19H,14H2,(H,24,27)(H,25,28)/t19-/m0/s1. The number of carbonyl (C=O) groups excluding carboxylic acids is 2. The van der Waals surface area contributed by atoms with Gasteiger partial charge in [-0.15, -0.1) is 0 Å². The number of nitrogens with zero attached hydrogens (tertiary/aromatic N) is 1. The highest BCUT2D eigenvalue weighted by molar-refractivity contribution is 5.96. The van der Waals surface area contributed by atoms with Crippen molar-refractivity contribution in [2.45, 2.75) is 12.5 Å². The number of carbonyl (C=O) groups is 2. The molecule has 0 fully saturated rings. The predicted octanol–water partition coefficient (Wildman–Crippen LogP) is 4.23. The van der Waals surface area contributed by atoms with Crippen LogP contribution in [0.3, 0.4) is 0 Å². The SMILES string of the molecule is O=C(C[C@H](NC(=O)c1ccccc1)c1ccccc1)Nc1ccc(F)c([N+](=O)[O-])c1. The minimum atomic E-state index is -0.990. The van der Waals surface area contributed by atoms with E-state index in [1.54, 1.807) is 54.6 Å². The van der Waals surface area contributed by atoms with Crippen LogP contribution in [0.2, 0.25) is 0 Å². The predicted molar refractivity (Wildman–Crippen MR) is 109 cm³/mol. The van der Waals surface area contributed by atoms with Gasteiger partial charge >= 0.3 is 5.69 Å². The smallest absolute Gasteiger partial charge is 0.306 e. The van der Waals surface area contributed by atoms with Gasteiger partial charge in [0.05, 0.1) is 17.4 Å². The highest BCUT2D eigenvalue weighted by Gasteiger charge is 2.20. The third kappa shape index (κ3) is 5.26. The summed E-state index contributed by atoms with van der Waals surface area (Å²) in [5.41, 5.74) is 0.536. The van der Waals surface area contributed by atoms with Crippen LogP contribution in [0.25, 0.3) is 0 Å². The van der Waals surface area contributed by atoms with Gasteiger partial charge in [0, 0.05) is 17.3 Å². The molecule has 152 valence electrons. The van der Waals surface area contributed by atoms with Gasteiger partial charge in [0.15, 0.2) is 0 Å². The normalized spacial score (nSPS) is 11.4. The fourth-order valence-corrected chi connectivity index (χ4v) is 2.90. The molecular formula is C22H18FN3O4. The lowest BCUT2D eigenvalue weighted by molar-refractivity contribution is -0.387. The molecule has 7 nitrogen and oxygen atoms in total. The Kier molecular flexibility index (Phi) is 6.49. The number of hydrogen-bond donors (Lipinski definition) is 2. The fraction of sp³-hybridized carbons (Fsp3) is 0.0909. The van der Waals surface area contributed by atoms with Crippen molar-refractivity contribution in [2.24, 2.45) is 0 Å². The number of amides is 2. The molecule has 0 aliphatic heterocycles. The van der Waals surface area contributed by atoms with Gasteiger partial charge in [-0.05, 0) is 29.8 Å². The van der Waals surface area contributed by atoms with Crippen LogP contribution in [-0.2, 0) is 4.79 Å². The Hall–Kier alpha value is -4.07. The molecule has 0 aliphatic rings. The molecule has 0 unspecified atom stereocenters. The third-order valence-electron chi connectivity index (χ3n) is 4.36. The van der Waals surface area contributed by atoms with E-state index in [1.807, 2.05) is 6.07 Å². The molecule has 0 saturated heterocycles. The van der Waals surface area contributed by atoms with Gasteiger partial charge in [-0.1, -0.05) is 48.5 Å². The van der Waals surface area contributed by atoms with Crippen LogP contribution >= 0.6 is 0 Å². The van der Waals surface area contributed by atoms with Gasteiger partial charge in [0.25, 0.3) is 5.91 Å². The van der Waals surface area contributed by atoms with Crippen molar-refractivity contribution in [3.05, 3.63) is 106 Å². The number of halogens is 1. The maximum absolute atomic E-state index is 13.5. The van der Waals surface area contributed by atoms with Crippen molar-refractivity contribution in [2.75, 3.05) is 5.32 Å². The molecule has 2 amide bonds. The van der Waals surface area contributed by atoms with E-state index in [-0.39, 0.29) is 18.0 Å². The molecule has 3 aromatic carbocycles. The average Bonchev–Trinajstić information content (AvgIpc) is 2.75. The Morgan fingerprint density at radius 3 is 2.23 bits per heavy atom. The number of nitro groups is 1. The van der Waals surface area contributed by atoms with E-state index in [0.717, 1.165) is 17.7 Å². The second-order valence-electron chi connectivity index (χ2n) is 6.48. The summed E-state index contributed by atoms with van der Waals surface area (Å²) in [7, 11) is 0. The largest absolute Gasteiger partial charge is 0.345 e. The topological polar surface area (TPSA) is 101 Å². The summed E-state index contributed by atoms with van der Waals surface area (Å²) in [6.45, 7) is 0. The number of anilines is 1. The van der Waals surface area contributed by atoms with Crippen molar-refractivity contribution < 1.29 is 18.9 Å². The molecule has 0 saturated carbocycles. The third-order valence-corrected chi connectivity index (χ3v) is 4.36. The summed E-state index contributed by atoms with van der Waals surface area (Å²) in [6.07, 6.45) is -0.117. The van der Waals surface area contributed by atoms with Crippen molar-refractivity contribution in [3.63, 3.8) is 0 Å². The van der Waals surface area contributed by atoms with Crippen molar-refractivity contribution >= 4 is 23.2 Å². The van der Waals surface area contributed by atoms with E-state index in [4.69, 9.17) is 0 Å². The van der Waals surface area contributed by atoms with Gasteiger partial charge in [-0.2, -0.15) is 4.39 Å². The highest BCUT2D eigenvalue weighted by Crippen LogP contribution is 2.23. The highest BCUT2D eigenvalue weighted by atomic mass is 19.1. The lowest BCUT2D eigenvalue weighted by Crippen LogP contribution is -2.31. The molecule has 0 aliphatic carbocycles. The first-order valence-corrected chi connectivity index (χ1v) is 9.08. The first-order chi connectivity index (χ1) is 14.4. The number of nitro benzene ring substituents is 1. The summed E-state index contributed by atoms with van der Waals surface area (Å²) < 4.78 is 13.5. The maximum Gasteiger partial charge on any atom is 0.306 e. The van der Waals surface area contributed by atoms with Gasteiger partial charge in [0.2, 0.25) is 11.7 Å². The summed E-state index contributed by atoms with van der Waals surface area (Å²) in [6, 6.07) is 20.0. The Morgan fingerprint density at radius 2 is 1.60 bits per heavy atom. The zero-order valence-electron chi connectivity index (χ0n) is 15.7. The van der Waals surface area contributed by atoms with E-state index < -0.39 is 28.4 Å². The number of benzene rings is 3. The Morgan fingerprint density at radius 1 is 0.967 bits per heavy atom. The number of hydrogen-bond acceptors (Lipinski definition) is 4. The molecule has 8 heteroatoms. The second kappa shape index (κ2) is 9.42. The molecule has 2 N–H and O–H groups in total. The Bertz CT molecular complexity index is 1060. The summed E-state index contributed by atoms with van der Waals surface area (Å²) in [5.74, 6) is -1.82. The molecule has 0 bridgehead atoms. The first kappa shape index (κ1) is 20.7. The average molecular weight is 407 g/mol. The van der Waals surface area contributed by atoms with Crippen molar-refractivity contribution in [3.8, 4) is 0 Å². The van der Waals surface area contributed by atoms with Gasteiger partial charge < -0.3 is 10.6 Å². The minimum absolute atomic E-state index is 0.0919. The molecule has 0 aromatic heterocycles. The van der Waals surface area contributed by atoms with Gasteiger partial charge in [-0.3, -0.25) is 19.7 Å².